The smallest absolute Gasteiger partial charge is 0.0579 e. The van der Waals surface area contributed by atoms with E-state index in [9.17, 15) is 5.11 Å². The zero-order chi connectivity index (χ0) is 13.4. The molecule has 1 nitrogen and oxygen atoms in total. The molecule has 0 amide bonds. The maximum Gasteiger partial charge on any atom is 0.0579 e. The maximum absolute atomic E-state index is 10.0. The number of rotatable bonds is 7. The minimum absolute atomic E-state index is 0.230. The molecule has 18 heavy (non-hydrogen) atoms. The molecule has 1 rings (SSSR count). The molecule has 0 heterocycles. The highest BCUT2D eigenvalue weighted by Gasteiger charge is 2.20. The molecule has 0 fully saturated rings. The van der Waals surface area contributed by atoms with E-state index in [0.29, 0.717) is 0 Å². The molecule has 0 bridgehead atoms. The van der Waals surface area contributed by atoms with Gasteiger partial charge in [0.1, 0.15) is 0 Å². The summed E-state index contributed by atoms with van der Waals surface area (Å²) in [7, 11) is 0. The van der Waals surface area contributed by atoms with Gasteiger partial charge in [-0.25, -0.2) is 0 Å². The first kappa shape index (κ1) is 15.0. The average Bonchev–Trinajstić information content (AvgIpc) is 2.29. The first-order valence-electron chi connectivity index (χ1n) is 6.93. The minimum atomic E-state index is -0.230. The third-order valence-electron chi connectivity index (χ3n) is 3.23. The fourth-order valence-electron chi connectivity index (χ4n) is 2.43. The molecule has 1 N–H and O–H groups in total. The molecular weight excluding hydrogens is 220 g/mol. The van der Waals surface area contributed by atoms with Gasteiger partial charge in [-0.05, 0) is 30.2 Å². The minimum Gasteiger partial charge on any atom is -0.393 e. The molecule has 0 saturated heterocycles. The van der Waals surface area contributed by atoms with Crippen molar-refractivity contribution in [3.05, 3.63) is 42.0 Å². The van der Waals surface area contributed by atoms with Crippen molar-refractivity contribution in [1.29, 1.82) is 0 Å². The van der Waals surface area contributed by atoms with Gasteiger partial charge in [0.25, 0.3) is 0 Å². The van der Waals surface area contributed by atoms with E-state index in [4.69, 9.17) is 0 Å². The number of hydrogen-bond acceptors (Lipinski definition) is 1. The van der Waals surface area contributed by atoms with Gasteiger partial charge in [0.05, 0.1) is 6.10 Å². The molecule has 1 heteroatoms. The van der Waals surface area contributed by atoms with Gasteiger partial charge in [-0.1, -0.05) is 69.7 Å². The second kappa shape index (κ2) is 7.38. The summed E-state index contributed by atoms with van der Waals surface area (Å²) in [5.41, 5.74) is 1.44. The van der Waals surface area contributed by atoms with Crippen LogP contribution in [0.3, 0.4) is 0 Å². The Morgan fingerprint density at radius 2 is 1.89 bits per heavy atom. The second-order valence-electron chi connectivity index (χ2n) is 5.82. The van der Waals surface area contributed by atoms with E-state index in [2.05, 4.69) is 45.1 Å². The van der Waals surface area contributed by atoms with Crippen molar-refractivity contribution < 1.29 is 5.11 Å². The molecule has 1 unspecified atom stereocenters. The summed E-state index contributed by atoms with van der Waals surface area (Å²) in [6.07, 6.45) is 7.89. The van der Waals surface area contributed by atoms with Crippen LogP contribution in [-0.2, 0) is 0 Å². The van der Waals surface area contributed by atoms with E-state index in [0.717, 1.165) is 12.8 Å². The SMILES string of the molecule is CCCC(C)(C)CC(O)C/C=C/c1ccccc1. The predicted molar refractivity (Wildman–Crippen MR) is 79.4 cm³/mol. The molecule has 0 aliphatic carbocycles. The topological polar surface area (TPSA) is 20.2 Å². The van der Waals surface area contributed by atoms with Crippen LogP contribution in [0.5, 0.6) is 0 Å². The van der Waals surface area contributed by atoms with E-state index in [1.165, 1.54) is 18.4 Å². The highest BCUT2D eigenvalue weighted by Crippen LogP contribution is 2.29. The summed E-state index contributed by atoms with van der Waals surface area (Å²) in [6, 6.07) is 10.2. The van der Waals surface area contributed by atoms with Gasteiger partial charge < -0.3 is 5.11 Å². The lowest BCUT2D eigenvalue weighted by Gasteiger charge is -2.26. The summed E-state index contributed by atoms with van der Waals surface area (Å²) in [4.78, 5) is 0. The van der Waals surface area contributed by atoms with Crippen LogP contribution in [0.25, 0.3) is 6.08 Å². The van der Waals surface area contributed by atoms with Crippen molar-refractivity contribution in [2.24, 2.45) is 5.41 Å². The Morgan fingerprint density at radius 1 is 1.22 bits per heavy atom. The van der Waals surface area contributed by atoms with E-state index >= 15 is 0 Å². The van der Waals surface area contributed by atoms with Gasteiger partial charge >= 0.3 is 0 Å². The predicted octanol–water partition coefficient (Wildman–Crippen LogP) is 4.67. The zero-order valence-electron chi connectivity index (χ0n) is 11.9. The molecule has 0 spiro atoms. The molecule has 0 radical (unpaired) electrons. The summed E-state index contributed by atoms with van der Waals surface area (Å²) >= 11 is 0. The lowest BCUT2D eigenvalue weighted by atomic mass is 9.82. The van der Waals surface area contributed by atoms with Crippen LogP contribution < -0.4 is 0 Å². The average molecular weight is 246 g/mol. The maximum atomic E-state index is 10.0. The van der Waals surface area contributed by atoms with Gasteiger partial charge in [0.2, 0.25) is 0 Å². The highest BCUT2D eigenvalue weighted by atomic mass is 16.3. The fourth-order valence-corrected chi connectivity index (χ4v) is 2.43. The molecule has 0 aromatic heterocycles. The van der Waals surface area contributed by atoms with E-state index in [1.807, 2.05) is 18.2 Å². The highest BCUT2D eigenvalue weighted by molar-refractivity contribution is 5.48. The molecule has 0 saturated carbocycles. The fraction of sp³-hybridized carbons (Fsp3) is 0.529. The summed E-state index contributed by atoms with van der Waals surface area (Å²) < 4.78 is 0. The largest absolute Gasteiger partial charge is 0.393 e. The first-order valence-corrected chi connectivity index (χ1v) is 6.93. The van der Waals surface area contributed by atoms with Crippen LogP contribution >= 0.6 is 0 Å². The normalized spacial score (nSPS) is 14.0. The Kier molecular flexibility index (Phi) is 6.14. The Labute approximate surface area is 112 Å². The molecule has 1 atom stereocenters. The van der Waals surface area contributed by atoms with Crippen LogP contribution in [0.4, 0.5) is 0 Å². The quantitative estimate of drug-likeness (QED) is 0.741. The molecule has 0 aliphatic rings. The van der Waals surface area contributed by atoms with Crippen molar-refractivity contribution >= 4 is 6.08 Å². The first-order chi connectivity index (χ1) is 8.53. The molecule has 1 aromatic carbocycles. The third-order valence-corrected chi connectivity index (χ3v) is 3.23. The summed E-state index contributed by atoms with van der Waals surface area (Å²) in [5.74, 6) is 0. The Bertz CT molecular complexity index is 351. The molecular formula is C17H26O. The Balaban J connectivity index is 2.37. The molecule has 100 valence electrons. The molecule has 1 aromatic rings. The number of aliphatic hydroxyl groups is 1. The van der Waals surface area contributed by atoms with Crippen LogP contribution in [-0.4, -0.2) is 11.2 Å². The third kappa shape index (κ3) is 6.02. The Morgan fingerprint density at radius 3 is 2.50 bits per heavy atom. The van der Waals surface area contributed by atoms with Crippen LogP contribution in [0, 0.1) is 5.41 Å². The van der Waals surface area contributed by atoms with Gasteiger partial charge in [-0.2, -0.15) is 0 Å². The van der Waals surface area contributed by atoms with E-state index < -0.39 is 0 Å². The van der Waals surface area contributed by atoms with Crippen molar-refractivity contribution in [1.82, 2.24) is 0 Å². The summed E-state index contributed by atoms with van der Waals surface area (Å²) in [5, 5.41) is 10.0. The van der Waals surface area contributed by atoms with Crippen molar-refractivity contribution in [3.8, 4) is 0 Å². The second-order valence-corrected chi connectivity index (χ2v) is 5.82. The van der Waals surface area contributed by atoms with Crippen LogP contribution in [0.2, 0.25) is 0 Å². The van der Waals surface area contributed by atoms with Crippen molar-refractivity contribution in [2.45, 2.75) is 52.6 Å². The van der Waals surface area contributed by atoms with E-state index in [1.54, 1.807) is 0 Å². The number of benzene rings is 1. The van der Waals surface area contributed by atoms with Crippen LogP contribution in [0.15, 0.2) is 36.4 Å². The standard InChI is InChI=1S/C17H26O/c1-4-13-17(2,3)14-16(18)12-8-11-15-9-6-5-7-10-15/h5-11,16,18H,4,12-14H2,1-3H3/b11-8+. The van der Waals surface area contributed by atoms with Gasteiger partial charge in [-0.15, -0.1) is 0 Å². The zero-order valence-corrected chi connectivity index (χ0v) is 11.9. The van der Waals surface area contributed by atoms with Crippen molar-refractivity contribution in [3.63, 3.8) is 0 Å². The molecule has 0 aliphatic heterocycles. The van der Waals surface area contributed by atoms with Gasteiger partial charge in [-0.3, -0.25) is 0 Å². The lowest BCUT2D eigenvalue weighted by Crippen LogP contribution is -2.19. The number of hydrogen-bond donors (Lipinski definition) is 1. The monoisotopic (exact) mass is 246 g/mol. The van der Waals surface area contributed by atoms with Gasteiger partial charge in [0.15, 0.2) is 0 Å². The van der Waals surface area contributed by atoms with Crippen LogP contribution in [0.1, 0.15) is 52.0 Å². The van der Waals surface area contributed by atoms with E-state index in [-0.39, 0.29) is 11.5 Å². The van der Waals surface area contributed by atoms with Gasteiger partial charge in [0, 0.05) is 0 Å². The lowest BCUT2D eigenvalue weighted by molar-refractivity contribution is 0.111. The van der Waals surface area contributed by atoms with Crippen molar-refractivity contribution in [2.75, 3.05) is 0 Å². The Hall–Kier alpha value is -1.08. The number of aliphatic hydroxyl groups excluding tert-OH is 1. The summed E-state index contributed by atoms with van der Waals surface area (Å²) in [6.45, 7) is 6.67.